The average molecular weight is 272 g/mol. The van der Waals surface area contributed by atoms with Crippen LogP contribution in [0.4, 0.5) is 4.79 Å². The molecule has 0 aromatic carbocycles. The average Bonchev–Trinajstić information content (AvgIpc) is 2.81. The lowest BCUT2D eigenvalue weighted by Gasteiger charge is -2.28. The highest BCUT2D eigenvalue weighted by molar-refractivity contribution is 5.80. The highest BCUT2D eigenvalue weighted by Crippen LogP contribution is 2.38. The second-order valence-corrected chi connectivity index (χ2v) is 5.22. The van der Waals surface area contributed by atoms with Gasteiger partial charge < -0.3 is 20.1 Å². The molecule has 0 aromatic heterocycles. The van der Waals surface area contributed by atoms with Crippen molar-refractivity contribution in [2.75, 3.05) is 32.8 Å². The monoisotopic (exact) mass is 272 g/mol. The quantitative estimate of drug-likeness (QED) is 0.711. The molecule has 1 aliphatic rings. The topological polar surface area (TPSA) is 78.9 Å². The number of carboxylic acids is 1. The van der Waals surface area contributed by atoms with Crippen molar-refractivity contribution in [2.45, 2.75) is 27.2 Å². The van der Waals surface area contributed by atoms with Crippen LogP contribution in [-0.2, 0) is 9.53 Å². The number of rotatable bonds is 6. The second-order valence-electron chi connectivity index (χ2n) is 5.22. The van der Waals surface area contributed by atoms with E-state index in [1.165, 1.54) is 0 Å². The van der Waals surface area contributed by atoms with Gasteiger partial charge in [0.25, 0.3) is 0 Å². The summed E-state index contributed by atoms with van der Waals surface area (Å²) < 4.78 is 5.14. The Hall–Kier alpha value is -1.30. The van der Waals surface area contributed by atoms with Crippen LogP contribution in [0.25, 0.3) is 0 Å². The summed E-state index contributed by atoms with van der Waals surface area (Å²) in [7, 11) is 0. The maximum Gasteiger partial charge on any atom is 0.317 e. The number of aliphatic carboxylic acids is 1. The van der Waals surface area contributed by atoms with Gasteiger partial charge >= 0.3 is 12.0 Å². The van der Waals surface area contributed by atoms with Crippen molar-refractivity contribution in [2.24, 2.45) is 11.3 Å². The lowest BCUT2D eigenvalue weighted by atomic mass is 9.76. The summed E-state index contributed by atoms with van der Waals surface area (Å²) in [5, 5.41) is 12.1. The first-order valence-electron chi connectivity index (χ1n) is 6.78. The van der Waals surface area contributed by atoms with Gasteiger partial charge in [-0.1, -0.05) is 13.8 Å². The lowest BCUT2D eigenvalue weighted by Crippen LogP contribution is -2.44. The normalized spacial score (nSPS) is 22.8. The van der Waals surface area contributed by atoms with Gasteiger partial charge in [0.1, 0.15) is 0 Å². The zero-order valence-electron chi connectivity index (χ0n) is 11.9. The van der Waals surface area contributed by atoms with E-state index in [0.717, 1.165) is 0 Å². The fourth-order valence-electron chi connectivity index (χ4n) is 2.39. The molecule has 2 amide bonds. The molecule has 1 aliphatic heterocycles. The smallest absolute Gasteiger partial charge is 0.317 e. The van der Waals surface area contributed by atoms with Crippen LogP contribution in [0.15, 0.2) is 0 Å². The van der Waals surface area contributed by atoms with E-state index in [1.807, 2.05) is 20.8 Å². The number of carbonyl (C=O) groups is 2. The summed E-state index contributed by atoms with van der Waals surface area (Å²) in [6.45, 7) is 8.00. The van der Waals surface area contributed by atoms with Gasteiger partial charge in [-0.15, -0.1) is 0 Å². The molecule has 1 heterocycles. The summed E-state index contributed by atoms with van der Waals surface area (Å²) in [4.78, 5) is 24.9. The molecule has 0 spiro atoms. The van der Waals surface area contributed by atoms with Gasteiger partial charge in [-0.3, -0.25) is 4.79 Å². The molecule has 19 heavy (non-hydrogen) atoms. The first kappa shape index (κ1) is 15.8. The number of urea groups is 1. The third-order valence-corrected chi connectivity index (χ3v) is 3.85. The number of amides is 2. The SMILES string of the molecule is CCOCCNC(=O)N1CCC(C(=O)O)(C(C)C)C1. The molecule has 1 rings (SSSR count). The van der Waals surface area contributed by atoms with Crippen molar-refractivity contribution in [3.8, 4) is 0 Å². The number of hydrogen-bond donors (Lipinski definition) is 2. The minimum absolute atomic E-state index is 0.00576. The third kappa shape index (κ3) is 3.59. The van der Waals surface area contributed by atoms with Crippen molar-refractivity contribution < 1.29 is 19.4 Å². The Bertz CT molecular complexity index is 333. The van der Waals surface area contributed by atoms with Crippen molar-refractivity contribution in [1.29, 1.82) is 0 Å². The Balaban J connectivity index is 2.50. The molecule has 0 aliphatic carbocycles. The van der Waals surface area contributed by atoms with Gasteiger partial charge in [-0.2, -0.15) is 0 Å². The molecule has 6 nitrogen and oxygen atoms in total. The molecule has 110 valence electrons. The van der Waals surface area contributed by atoms with E-state index in [0.29, 0.717) is 32.7 Å². The van der Waals surface area contributed by atoms with Crippen LogP contribution in [0.2, 0.25) is 0 Å². The highest BCUT2D eigenvalue weighted by atomic mass is 16.5. The van der Waals surface area contributed by atoms with Crippen LogP contribution >= 0.6 is 0 Å². The molecule has 0 bridgehead atoms. The van der Waals surface area contributed by atoms with E-state index in [-0.39, 0.29) is 18.5 Å². The van der Waals surface area contributed by atoms with Gasteiger partial charge in [0, 0.05) is 26.2 Å². The molecule has 1 fully saturated rings. The van der Waals surface area contributed by atoms with E-state index in [2.05, 4.69) is 5.32 Å². The van der Waals surface area contributed by atoms with Gasteiger partial charge in [0.05, 0.1) is 12.0 Å². The fourth-order valence-corrected chi connectivity index (χ4v) is 2.39. The fraction of sp³-hybridized carbons (Fsp3) is 0.846. The van der Waals surface area contributed by atoms with Crippen molar-refractivity contribution in [1.82, 2.24) is 10.2 Å². The van der Waals surface area contributed by atoms with Crippen molar-refractivity contribution >= 4 is 12.0 Å². The number of nitrogens with one attached hydrogen (secondary N) is 1. The van der Waals surface area contributed by atoms with Crippen LogP contribution in [-0.4, -0.2) is 54.9 Å². The molecule has 0 aromatic rings. The summed E-state index contributed by atoms with van der Waals surface area (Å²) in [5.74, 6) is -0.807. The maximum atomic E-state index is 11.9. The minimum Gasteiger partial charge on any atom is -0.481 e. The molecule has 2 N–H and O–H groups in total. The van der Waals surface area contributed by atoms with Crippen molar-refractivity contribution in [3.05, 3.63) is 0 Å². The summed E-state index contributed by atoms with van der Waals surface area (Å²) >= 11 is 0. The Kier molecular flexibility index (Phi) is 5.60. The second kappa shape index (κ2) is 6.75. The molecule has 1 saturated heterocycles. The standard InChI is InChI=1S/C13H24N2O4/c1-4-19-8-6-14-12(18)15-7-5-13(9-15,10(2)3)11(16)17/h10H,4-9H2,1-3H3,(H,14,18)(H,16,17). The van der Waals surface area contributed by atoms with Crippen molar-refractivity contribution in [3.63, 3.8) is 0 Å². The lowest BCUT2D eigenvalue weighted by molar-refractivity contribution is -0.150. The van der Waals surface area contributed by atoms with Crippen LogP contribution < -0.4 is 5.32 Å². The molecule has 6 heteroatoms. The van der Waals surface area contributed by atoms with E-state index in [9.17, 15) is 14.7 Å². The van der Waals surface area contributed by atoms with Gasteiger partial charge in [-0.25, -0.2) is 4.79 Å². The number of carboxylic acid groups (broad SMARTS) is 1. The van der Waals surface area contributed by atoms with Crippen LogP contribution in [0.3, 0.4) is 0 Å². The number of likely N-dealkylation sites (tertiary alicyclic amines) is 1. The van der Waals surface area contributed by atoms with Gasteiger partial charge in [0.2, 0.25) is 0 Å². The minimum atomic E-state index is -0.813. The third-order valence-electron chi connectivity index (χ3n) is 3.85. The number of ether oxygens (including phenoxy) is 1. The molecule has 0 saturated carbocycles. The van der Waals surface area contributed by atoms with E-state index >= 15 is 0 Å². The number of nitrogens with zero attached hydrogens (tertiary/aromatic N) is 1. The summed E-state index contributed by atoms with van der Waals surface area (Å²) in [6.07, 6.45) is 0.513. The molecular formula is C13H24N2O4. The molecule has 1 unspecified atom stereocenters. The zero-order chi connectivity index (χ0) is 14.5. The van der Waals surface area contributed by atoms with Gasteiger partial charge in [-0.05, 0) is 19.3 Å². The van der Waals surface area contributed by atoms with Crippen LogP contribution in [0.1, 0.15) is 27.2 Å². The predicted molar refractivity (Wildman–Crippen MR) is 71.0 cm³/mol. The Labute approximate surface area is 114 Å². The molecule has 1 atom stereocenters. The highest BCUT2D eigenvalue weighted by Gasteiger charge is 2.48. The maximum absolute atomic E-state index is 11.9. The summed E-state index contributed by atoms with van der Waals surface area (Å²) in [6, 6.07) is -0.205. The summed E-state index contributed by atoms with van der Waals surface area (Å²) in [5.41, 5.74) is -0.808. The largest absolute Gasteiger partial charge is 0.481 e. The van der Waals surface area contributed by atoms with E-state index in [4.69, 9.17) is 4.74 Å². The van der Waals surface area contributed by atoms with Gasteiger partial charge in [0.15, 0.2) is 0 Å². The Morgan fingerprint density at radius 2 is 2.16 bits per heavy atom. The molecular weight excluding hydrogens is 248 g/mol. The zero-order valence-corrected chi connectivity index (χ0v) is 11.9. The van der Waals surface area contributed by atoms with Crippen LogP contribution in [0, 0.1) is 11.3 Å². The first-order chi connectivity index (χ1) is 8.94. The predicted octanol–water partition coefficient (Wildman–Crippen LogP) is 1.17. The van der Waals surface area contributed by atoms with Crippen LogP contribution in [0.5, 0.6) is 0 Å². The Morgan fingerprint density at radius 3 is 2.63 bits per heavy atom. The number of hydrogen-bond acceptors (Lipinski definition) is 3. The van der Waals surface area contributed by atoms with E-state index in [1.54, 1.807) is 4.90 Å². The van der Waals surface area contributed by atoms with E-state index < -0.39 is 11.4 Å². The first-order valence-corrected chi connectivity index (χ1v) is 6.78. The Morgan fingerprint density at radius 1 is 1.47 bits per heavy atom. The number of carbonyl (C=O) groups excluding carboxylic acids is 1. The molecule has 0 radical (unpaired) electrons.